The summed E-state index contributed by atoms with van der Waals surface area (Å²) in [5.74, 6) is 0.886. The highest BCUT2D eigenvalue weighted by molar-refractivity contribution is 6.24. The molecule has 0 amide bonds. The molecule has 0 bridgehead atoms. The molecule has 41 heavy (non-hydrogen) atoms. The zero-order valence-corrected chi connectivity index (χ0v) is 22.4. The van der Waals surface area contributed by atoms with Crippen LogP contribution in [0.2, 0.25) is 0 Å². The van der Waals surface area contributed by atoms with Crippen LogP contribution in [0, 0.1) is 0 Å². The lowest BCUT2D eigenvalue weighted by Crippen LogP contribution is -2.13. The molecule has 0 unspecified atom stereocenters. The summed E-state index contributed by atoms with van der Waals surface area (Å²) in [4.78, 5) is 7.25. The summed E-state index contributed by atoms with van der Waals surface area (Å²) in [6, 6.07) is 54.2. The Labute approximate surface area is 238 Å². The lowest BCUT2D eigenvalue weighted by atomic mass is 9.88. The van der Waals surface area contributed by atoms with Gasteiger partial charge in [-0.3, -0.25) is 4.90 Å². The van der Waals surface area contributed by atoms with Crippen molar-refractivity contribution in [1.82, 2.24) is 4.98 Å². The summed E-state index contributed by atoms with van der Waals surface area (Å²) in [6.07, 6.45) is 1.88. The third-order valence-corrected chi connectivity index (χ3v) is 8.07. The second kappa shape index (κ2) is 9.62. The molecule has 0 aliphatic rings. The van der Waals surface area contributed by atoms with Gasteiger partial charge in [-0.15, -0.1) is 0 Å². The van der Waals surface area contributed by atoms with Crippen LogP contribution in [0.5, 0.6) is 0 Å². The van der Waals surface area contributed by atoms with Gasteiger partial charge in [-0.25, -0.2) is 4.98 Å². The van der Waals surface area contributed by atoms with E-state index in [1.165, 1.54) is 54.2 Å². The summed E-state index contributed by atoms with van der Waals surface area (Å²) in [6.45, 7) is 0. The molecule has 8 rings (SSSR count). The van der Waals surface area contributed by atoms with Crippen LogP contribution in [0.4, 0.5) is 17.2 Å². The van der Waals surface area contributed by atoms with Gasteiger partial charge in [0.05, 0.1) is 11.4 Å². The Balaban J connectivity index is 1.55. The molecule has 1 aromatic heterocycles. The molecule has 0 spiro atoms. The number of benzene rings is 7. The summed E-state index contributed by atoms with van der Waals surface area (Å²) >= 11 is 0. The van der Waals surface area contributed by atoms with Crippen molar-refractivity contribution >= 4 is 60.3 Å². The van der Waals surface area contributed by atoms with Crippen molar-refractivity contribution in [2.75, 3.05) is 4.90 Å². The molecule has 0 fully saturated rings. The molecule has 0 atom stereocenters. The Morgan fingerprint density at radius 2 is 0.902 bits per heavy atom. The van der Waals surface area contributed by atoms with Gasteiger partial charge in [0.2, 0.25) is 0 Å². The van der Waals surface area contributed by atoms with Crippen LogP contribution in [0.1, 0.15) is 0 Å². The molecular weight excluding hydrogens is 496 g/mol. The summed E-state index contributed by atoms with van der Waals surface area (Å²) in [5, 5.41) is 9.71. The summed E-state index contributed by atoms with van der Waals surface area (Å²) in [5.41, 5.74) is 4.75. The number of rotatable bonds is 4. The quantitative estimate of drug-likeness (QED) is 0.214. The van der Waals surface area contributed by atoms with E-state index in [0.29, 0.717) is 0 Å². The minimum atomic E-state index is 0.886. The normalized spacial score (nSPS) is 11.4. The predicted molar refractivity (Wildman–Crippen MR) is 174 cm³/mol. The van der Waals surface area contributed by atoms with E-state index in [9.17, 15) is 0 Å². The average molecular weight is 523 g/mol. The Hall–Kier alpha value is -5.47. The third-order valence-electron chi connectivity index (χ3n) is 8.07. The van der Waals surface area contributed by atoms with Crippen molar-refractivity contribution in [3.63, 3.8) is 0 Å². The molecule has 0 N–H and O–H groups in total. The Morgan fingerprint density at radius 3 is 1.56 bits per heavy atom. The summed E-state index contributed by atoms with van der Waals surface area (Å²) < 4.78 is 0. The van der Waals surface area contributed by atoms with Crippen LogP contribution < -0.4 is 4.90 Å². The zero-order valence-electron chi connectivity index (χ0n) is 22.4. The highest BCUT2D eigenvalue weighted by atomic mass is 15.2. The van der Waals surface area contributed by atoms with Gasteiger partial charge in [0, 0.05) is 22.4 Å². The van der Waals surface area contributed by atoms with Gasteiger partial charge >= 0.3 is 0 Å². The SMILES string of the molecule is c1ccc(N(c2cccc3ccccc23)c2c3ccccc3c(-c3cccc4ccccc34)c3ccccc23)nc1. The molecule has 0 saturated heterocycles. The number of hydrogen-bond acceptors (Lipinski definition) is 2. The Bertz CT molecular complexity index is 2150. The molecule has 0 aliphatic heterocycles. The van der Waals surface area contributed by atoms with Crippen LogP contribution in [0.3, 0.4) is 0 Å². The second-order valence-corrected chi connectivity index (χ2v) is 10.4. The van der Waals surface area contributed by atoms with Gasteiger partial charge in [-0.2, -0.15) is 0 Å². The molecule has 192 valence electrons. The molecule has 0 aliphatic carbocycles. The van der Waals surface area contributed by atoms with Crippen molar-refractivity contribution in [2.24, 2.45) is 0 Å². The fourth-order valence-corrected chi connectivity index (χ4v) is 6.33. The molecule has 2 heteroatoms. The lowest BCUT2D eigenvalue weighted by molar-refractivity contribution is 1.20. The molecule has 1 heterocycles. The minimum absolute atomic E-state index is 0.886. The van der Waals surface area contributed by atoms with E-state index in [4.69, 9.17) is 4.98 Å². The molecule has 0 radical (unpaired) electrons. The van der Waals surface area contributed by atoms with E-state index < -0.39 is 0 Å². The van der Waals surface area contributed by atoms with E-state index in [1.54, 1.807) is 0 Å². The van der Waals surface area contributed by atoms with Crippen molar-refractivity contribution in [1.29, 1.82) is 0 Å². The standard InChI is InChI=1S/C39H26N2/c1-3-17-29-27(13-1)15-11-23-31(29)38-32-19-5-7-21-34(32)39(35-22-8-6-20-33(35)38)41(37-25-9-10-26-40-37)36-24-12-16-28-14-2-4-18-30(28)36/h1-26H. The Morgan fingerprint density at radius 1 is 0.390 bits per heavy atom. The first-order chi connectivity index (χ1) is 20.4. The first-order valence-electron chi connectivity index (χ1n) is 14.0. The fraction of sp³-hybridized carbons (Fsp3) is 0. The van der Waals surface area contributed by atoms with Crippen LogP contribution >= 0.6 is 0 Å². The lowest BCUT2D eigenvalue weighted by Gasteiger charge is -2.29. The maximum absolute atomic E-state index is 4.90. The van der Waals surface area contributed by atoms with Crippen molar-refractivity contribution in [3.8, 4) is 11.1 Å². The topological polar surface area (TPSA) is 16.1 Å². The first-order valence-corrected chi connectivity index (χ1v) is 14.0. The maximum atomic E-state index is 4.90. The van der Waals surface area contributed by atoms with Gasteiger partial charge in [0.15, 0.2) is 0 Å². The van der Waals surface area contributed by atoms with Gasteiger partial charge in [0.25, 0.3) is 0 Å². The number of pyridine rings is 1. The van der Waals surface area contributed by atoms with E-state index in [-0.39, 0.29) is 0 Å². The largest absolute Gasteiger partial charge is 0.293 e. The third kappa shape index (κ3) is 3.76. The van der Waals surface area contributed by atoms with Gasteiger partial charge in [-0.1, -0.05) is 133 Å². The van der Waals surface area contributed by atoms with Gasteiger partial charge < -0.3 is 0 Å². The number of anilines is 3. The molecular formula is C39H26N2. The second-order valence-electron chi connectivity index (χ2n) is 10.4. The van der Waals surface area contributed by atoms with Crippen LogP contribution in [0.15, 0.2) is 158 Å². The average Bonchev–Trinajstić information content (AvgIpc) is 3.05. The van der Waals surface area contributed by atoms with Crippen LogP contribution in [0.25, 0.3) is 54.2 Å². The number of nitrogens with zero attached hydrogens (tertiary/aromatic N) is 2. The van der Waals surface area contributed by atoms with Gasteiger partial charge in [-0.05, 0) is 56.3 Å². The predicted octanol–water partition coefficient (Wildman–Crippen LogP) is 10.8. The number of fused-ring (bicyclic) bond motifs is 4. The van der Waals surface area contributed by atoms with E-state index in [1.807, 2.05) is 12.3 Å². The van der Waals surface area contributed by atoms with E-state index in [0.717, 1.165) is 17.2 Å². The number of aromatic nitrogens is 1. The monoisotopic (exact) mass is 522 g/mol. The van der Waals surface area contributed by atoms with E-state index >= 15 is 0 Å². The molecule has 7 aromatic carbocycles. The molecule has 8 aromatic rings. The van der Waals surface area contributed by atoms with Crippen molar-refractivity contribution < 1.29 is 0 Å². The summed E-state index contributed by atoms with van der Waals surface area (Å²) in [7, 11) is 0. The molecule has 2 nitrogen and oxygen atoms in total. The van der Waals surface area contributed by atoms with Crippen LogP contribution in [-0.2, 0) is 0 Å². The fourth-order valence-electron chi connectivity index (χ4n) is 6.33. The Kier molecular flexibility index (Phi) is 5.49. The van der Waals surface area contributed by atoms with Crippen molar-refractivity contribution in [3.05, 3.63) is 158 Å². The van der Waals surface area contributed by atoms with Gasteiger partial charge in [0.1, 0.15) is 5.82 Å². The van der Waals surface area contributed by atoms with Crippen molar-refractivity contribution in [2.45, 2.75) is 0 Å². The minimum Gasteiger partial charge on any atom is -0.293 e. The smallest absolute Gasteiger partial charge is 0.137 e. The first kappa shape index (κ1) is 23.4. The maximum Gasteiger partial charge on any atom is 0.137 e. The number of hydrogen-bond donors (Lipinski definition) is 0. The van der Waals surface area contributed by atoms with E-state index in [2.05, 4.69) is 150 Å². The van der Waals surface area contributed by atoms with Crippen LogP contribution in [-0.4, -0.2) is 4.98 Å². The highest BCUT2D eigenvalue weighted by Gasteiger charge is 2.24. The highest BCUT2D eigenvalue weighted by Crippen LogP contribution is 2.49. The zero-order chi connectivity index (χ0) is 27.2. The molecule has 0 saturated carbocycles.